The second-order valence-corrected chi connectivity index (χ2v) is 3.31. The van der Waals surface area contributed by atoms with Crippen LogP contribution in [0.4, 0.5) is 0 Å². The van der Waals surface area contributed by atoms with Crippen molar-refractivity contribution in [1.82, 2.24) is 10.6 Å². The van der Waals surface area contributed by atoms with E-state index in [4.69, 9.17) is 0 Å². The summed E-state index contributed by atoms with van der Waals surface area (Å²) in [7, 11) is 0. The highest BCUT2D eigenvalue weighted by Crippen LogP contribution is 2.04. The molecule has 0 radical (unpaired) electrons. The second-order valence-electron chi connectivity index (χ2n) is 3.31. The Bertz CT molecular complexity index is 75.9. The summed E-state index contributed by atoms with van der Waals surface area (Å²) in [5.41, 5.74) is 0. The van der Waals surface area contributed by atoms with Crippen molar-refractivity contribution in [3.05, 3.63) is 0 Å². The zero-order valence-electron chi connectivity index (χ0n) is 8.82. The average molecular weight is 172 g/mol. The Balaban J connectivity index is 0.000000217. The van der Waals surface area contributed by atoms with Crippen LogP contribution in [0.1, 0.15) is 40.0 Å². The molecule has 0 spiro atoms. The molecule has 1 unspecified atom stereocenters. The fraction of sp³-hybridized carbons (Fsp3) is 1.00. The summed E-state index contributed by atoms with van der Waals surface area (Å²) in [4.78, 5) is 0. The standard InChI is InChI=1S/C6H13N.C4H11N/c1-6-4-2-3-5-7-6;1-3-5-4-2/h6-7H,2-5H2,1H3;5H,3-4H2,1-2H3. The molecular weight excluding hydrogens is 148 g/mol. The number of hydrogen-bond donors (Lipinski definition) is 2. The van der Waals surface area contributed by atoms with Crippen molar-refractivity contribution in [3.8, 4) is 0 Å². The molecule has 0 bridgehead atoms. The molecule has 0 amide bonds. The second kappa shape index (κ2) is 9.01. The summed E-state index contributed by atoms with van der Waals surface area (Å²) in [6.45, 7) is 9.88. The Morgan fingerprint density at radius 3 is 2.08 bits per heavy atom. The van der Waals surface area contributed by atoms with Crippen molar-refractivity contribution in [2.75, 3.05) is 19.6 Å². The Labute approximate surface area is 77.1 Å². The van der Waals surface area contributed by atoms with E-state index < -0.39 is 0 Å². The first-order valence-electron chi connectivity index (χ1n) is 5.25. The van der Waals surface area contributed by atoms with E-state index in [9.17, 15) is 0 Å². The fourth-order valence-electron chi connectivity index (χ4n) is 1.28. The first-order chi connectivity index (χ1) is 5.81. The molecule has 0 saturated carbocycles. The summed E-state index contributed by atoms with van der Waals surface area (Å²) in [5, 5.41) is 6.49. The van der Waals surface area contributed by atoms with Crippen molar-refractivity contribution in [1.29, 1.82) is 0 Å². The minimum atomic E-state index is 0.786. The van der Waals surface area contributed by atoms with E-state index in [-0.39, 0.29) is 0 Å². The van der Waals surface area contributed by atoms with Gasteiger partial charge >= 0.3 is 0 Å². The molecule has 74 valence electrons. The highest BCUT2D eigenvalue weighted by Gasteiger charge is 2.04. The van der Waals surface area contributed by atoms with Crippen LogP contribution in [0.15, 0.2) is 0 Å². The van der Waals surface area contributed by atoms with Crippen LogP contribution in [0.2, 0.25) is 0 Å². The van der Waals surface area contributed by atoms with Crippen molar-refractivity contribution in [3.63, 3.8) is 0 Å². The van der Waals surface area contributed by atoms with Gasteiger partial charge in [-0.05, 0) is 39.4 Å². The molecule has 0 aromatic heterocycles. The smallest absolute Gasteiger partial charge is 0.00387 e. The van der Waals surface area contributed by atoms with E-state index >= 15 is 0 Å². The largest absolute Gasteiger partial charge is 0.317 e. The zero-order valence-corrected chi connectivity index (χ0v) is 8.82. The number of rotatable bonds is 2. The third kappa shape index (κ3) is 8.02. The van der Waals surface area contributed by atoms with Crippen LogP contribution in [0.3, 0.4) is 0 Å². The monoisotopic (exact) mass is 172 g/mol. The number of nitrogens with one attached hydrogen (secondary N) is 2. The molecule has 1 aliphatic rings. The van der Waals surface area contributed by atoms with Crippen LogP contribution in [0, 0.1) is 0 Å². The summed E-state index contributed by atoms with van der Waals surface area (Å²) >= 11 is 0. The van der Waals surface area contributed by atoms with Crippen molar-refractivity contribution >= 4 is 0 Å². The summed E-state index contributed by atoms with van der Waals surface area (Å²) in [6.07, 6.45) is 4.18. The molecule has 1 atom stereocenters. The van der Waals surface area contributed by atoms with Crippen LogP contribution in [0.25, 0.3) is 0 Å². The Kier molecular flexibility index (Phi) is 8.95. The van der Waals surface area contributed by atoms with Gasteiger partial charge in [0.05, 0.1) is 0 Å². The SMILES string of the molecule is CC1CCCCN1.CCNCC. The van der Waals surface area contributed by atoms with Crippen LogP contribution in [0.5, 0.6) is 0 Å². The Morgan fingerprint density at radius 1 is 1.25 bits per heavy atom. The molecule has 1 rings (SSSR count). The van der Waals surface area contributed by atoms with E-state index in [0.717, 1.165) is 19.1 Å². The predicted octanol–water partition coefficient (Wildman–Crippen LogP) is 1.76. The van der Waals surface area contributed by atoms with Crippen molar-refractivity contribution < 1.29 is 0 Å². The van der Waals surface area contributed by atoms with Gasteiger partial charge in [-0.3, -0.25) is 0 Å². The first-order valence-corrected chi connectivity index (χ1v) is 5.25. The summed E-state index contributed by atoms with van der Waals surface area (Å²) in [5.74, 6) is 0. The zero-order chi connectivity index (χ0) is 9.23. The molecule has 1 fully saturated rings. The number of piperidine rings is 1. The Hall–Kier alpha value is -0.0800. The molecule has 1 heterocycles. The third-order valence-corrected chi connectivity index (χ3v) is 2.06. The molecule has 2 N–H and O–H groups in total. The van der Waals surface area contributed by atoms with Crippen molar-refractivity contribution in [2.45, 2.75) is 46.1 Å². The lowest BCUT2D eigenvalue weighted by atomic mass is 10.1. The van der Waals surface area contributed by atoms with E-state index in [1.54, 1.807) is 0 Å². The summed E-state index contributed by atoms with van der Waals surface area (Å²) < 4.78 is 0. The minimum absolute atomic E-state index is 0.786. The average Bonchev–Trinajstić information content (AvgIpc) is 2.08. The van der Waals surface area contributed by atoms with Gasteiger partial charge in [-0.2, -0.15) is 0 Å². The van der Waals surface area contributed by atoms with Gasteiger partial charge in [-0.25, -0.2) is 0 Å². The quantitative estimate of drug-likeness (QED) is 0.663. The topological polar surface area (TPSA) is 24.1 Å². The van der Waals surface area contributed by atoms with Crippen LogP contribution >= 0.6 is 0 Å². The van der Waals surface area contributed by atoms with E-state index in [1.807, 2.05) is 0 Å². The summed E-state index contributed by atoms with van der Waals surface area (Å²) in [6, 6.07) is 0.786. The van der Waals surface area contributed by atoms with E-state index in [1.165, 1.54) is 25.8 Å². The normalized spacial score (nSPS) is 22.8. The van der Waals surface area contributed by atoms with Gasteiger partial charge in [0, 0.05) is 6.04 Å². The molecular formula is C10H24N2. The highest BCUT2D eigenvalue weighted by atomic mass is 14.9. The molecule has 1 aliphatic heterocycles. The molecule has 0 aromatic carbocycles. The Morgan fingerprint density at radius 2 is 1.92 bits per heavy atom. The maximum absolute atomic E-state index is 3.38. The number of hydrogen-bond acceptors (Lipinski definition) is 2. The van der Waals surface area contributed by atoms with Crippen LogP contribution in [-0.2, 0) is 0 Å². The maximum atomic E-state index is 3.38. The van der Waals surface area contributed by atoms with Gasteiger partial charge in [0.2, 0.25) is 0 Å². The molecule has 0 aromatic rings. The van der Waals surface area contributed by atoms with Gasteiger partial charge in [0.15, 0.2) is 0 Å². The molecule has 12 heavy (non-hydrogen) atoms. The maximum Gasteiger partial charge on any atom is 0.00387 e. The van der Waals surface area contributed by atoms with Crippen molar-refractivity contribution in [2.24, 2.45) is 0 Å². The molecule has 1 saturated heterocycles. The van der Waals surface area contributed by atoms with Gasteiger partial charge in [0.25, 0.3) is 0 Å². The molecule has 2 nitrogen and oxygen atoms in total. The van der Waals surface area contributed by atoms with Crippen LogP contribution < -0.4 is 10.6 Å². The lowest BCUT2D eigenvalue weighted by Gasteiger charge is -2.18. The third-order valence-electron chi connectivity index (χ3n) is 2.06. The van der Waals surface area contributed by atoms with Gasteiger partial charge in [0.1, 0.15) is 0 Å². The highest BCUT2D eigenvalue weighted by molar-refractivity contribution is 4.65. The van der Waals surface area contributed by atoms with Gasteiger partial charge < -0.3 is 10.6 Å². The van der Waals surface area contributed by atoms with Crippen LogP contribution in [-0.4, -0.2) is 25.7 Å². The lowest BCUT2D eigenvalue weighted by molar-refractivity contribution is 0.425. The fourth-order valence-corrected chi connectivity index (χ4v) is 1.28. The van der Waals surface area contributed by atoms with E-state index in [2.05, 4.69) is 31.4 Å². The minimum Gasteiger partial charge on any atom is -0.317 e. The first kappa shape index (κ1) is 11.9. The van der Waals surface area contributed by atoms with E-state index in [0.29, 0.717) is 0 Å². The molecule has 2 heteroatoms. The lowest BCUT2D eigenvalue weighted by Crippen LogP contribution is -2.30. The predicted molar refractivity (Wildman–Crippen MR) is 55.5 cm³/mol. The van der Waals surface area contributed by atoms with Gasteiger partial charge in [-0.15, -0.1) is 0 Å². The molecule has 0 aliphatic carbocycles. The van der Waals surface area contributed by atoms with Gasteiger partial charge in [-0.1, -0.05) is 20.3 Å².